The Labute approximate surface area is 189 Å². The highest BCUT2D eigenvalue weighted by Crippen LogP contribution is 2.42. The predicted octanol–water partition coefficient (Wildman–Crippen LogP) is 5.95. The van der Waals surface area contributed by atoms with Crippen molar-refractivity contribution in [1.82, 2.24) is 20.2 Å². The van der Waals surface area contributed by atoms with E-state index in [0.717, 1.165) is 35.5 Å². The van der Waals surface area contributed by atoms with Crippen molar-refractivity contribution in [2.75, 3.05) is 6.61 Å². The third kappa shape index (κ3) is 4.43. The van der Waals surface area contributed by atoms with Crippen molar-refractivity contribution in [1.29, 1.82) is 0 Å². The van der Waals surface area contributed by atoms with Gasteiger partial charge in [-0.05, 0) is 54.8 Å². The van der Waals surface area contributed by atoms with Crippen molar-refractivity contribution in [3.8, 4) is 38.8 Å². The number of benzene rings is 1. The normalized spacial score (nSPS) is 11.1. The van der Waals surface area contributed by atoms with Gasteiger partial charge in [0.25, 0.3) is 5.56 Å². The lowest BCUT2D eigenvalue weighted by molar-refractivity contribution is 0.309. The molecule has 0 saturated heterocycles. The van der Waals surface area contributed by atoms with Crippen LogP contribution in [0.25, 0.3) is 33.1 Å². The molecule has 0 spiro atoms. The summed E-state index contributed by atoms with van der Waals surface area (Å²) in [6.45, 7) is 4.91. The Bertz CT molecular complexity index is 1210. The number of nitrogens with one attached hydrogen (secondary N) is 2. The van der Waals surface area contributed by atoms with E-state index in [1.807, 2.05) is 30.3 Å². The molecule has 0 atom stereocenters. The second-order valence-corrected chi connectivity index (χ2v) is 8.62. The highest BCUT2D eigenvalue weighted by atomic mass is 35.5. The number of unbranched alkanes of at least 4 members (excludes halogenated alkanes) is 1. The van der Waals surface area contributed by atoms with Gasteiger partial charge in [0.2, 0.25) is 0 Å². The fraction of sp³-hybridized carbons (Fsp3) is 0.261. The molecule has 3 aromatic heterocycles. The number of aromatic amines is 2. The third-order valence-corrected chi connectivity index (χ3v) is 6.60. The lowest BCUT2D eigenvalue weighted by Crippen LogP contribution is -2.13. The zero-order valence-electron chi connectivity index (χ0n) is 17.4. The topological polar surface area (TPSA) is 83.7 Å². The van der Waals surface area contributed by atoms with Gasteiger partial charge in [0.1, 0.15) is 12.1 Å². The molecule has 3 heterocycles. The van der Waals surface area contributed by atoms with E-state index in [0.29, 0.717) is 34.3 Å². The fourth-order valence-corrected chi connectivity index (χ4v) is 4.73. The van der Waals surface area contributed by atoms with Crippen molar-refractivity contribution in [2.45, 2.75) is 33.1 Å². The summed E-state index contributed by atoms with van der Waals surface area (Å²) in [4.78, 5) is 22.4. The summed E-state index contributed by atoms with van der Waals surface area (Å²) in [5.41, 5.74) is 2.14. The van der Waals surface area contributed by atoms with E-state index in [2.05, 4.69) is 40.1 Å². The van der Waals surface area contributed by atoms with E-state index < -0.39 is 0 Å². The van der Waals surface area contributed by atoms with Crippen LogP contribution in [0.4, 0.5) is 0 Å². The first-order valence-corrected chi connectivity index (χ1v) is 11.5. The average molecular weight is 455 g/mol. The number of pyridine rings is 1. The van der Waals surface area contributed by atoms with Gasteiger partial charge in [0.15, 0.2) is 5.82 Å². The molecule has 2 N–H and O–H groups in total. The second kappa shape index (κ2) is 9.49. The van der Waals surface area contributed by atoms with Gasteiger partial charge in [0.05, 0.1) is 22.9 Å². The zero-order valence-corrected chi connectivity index (χ0v) is 18.9. The molecule has 0 saturated carbocycles. The van der Waals surface area contributed by atoms with Gasteiger partial charge in [-0.2, -0.15) is 5.10 Å². The average Bonchev–Trinajstić information content (AvgIpc) is 3.47. The van der Waals surface area contributed by atoms with Gasteiger partial charge in [-0.3, -0.25) is 9.89 Å². The number of hydrogen-bond donors (Lipinski definition) is 2. The third-order valence-electron chi connectivity index (χ3n) is 4.97. The summed E-state index contributed by atoms with van der Waals surface area (Å²) in [6.07, 6.45) is 4.38. The molecule has 0 fully saturated rings. The van der Waals surface area contributed by atoms with Gasteiger partial charge in [-0.1, -0.05) is 31.9 Å². The summed E-state index contributed by atoms with van der Waals surface area (Å²) in [7, 11) is 0. The number of H-pyrrole nitrogens is 2. The fourth-order valence-electron chi connectivity index (χ4n) is 3.32. The molecule has 6 nitrogen and oxygen atoms in total. The minimum Gasteiger partial charge on any atom is -0.494 e. The number of hydrogen-bond acceptors (Lipinski definition) is 5. The van der Waals surface area contributed by atoms with Crippen LogP contribution in [-0.4, -0.2) is 26.8 Å². The summed E-state index contributed by atoms with van der Waals surface area (Å²) < 4.78 is 5.74. The number of rotatable bonds is 8. The summed E-state index contributed by atoms with van der Waals surface area (Å²) in [6, 6.07) is 11.7. The second-order valence-electron chi connectivity index (χ2n) is 7.07. The number of halogens is 1. The molecule has 31 heavy (non-hydrogen) atoms. The lowest BCUT2D eigenvalue weighted by Gasteiger charge is -2.13. The SMILES string of the molecule is CCCCOc1ccc(-c2[nH]c(=O)c(-c3ncn[nH]3)c(-c3ccc(CC)s3)c2Cl)cc1. The number of aromatic nitrogens is 4. The van der Waals surface area contributed by atoms with Crippen LogP contribution in [0.1, 0.15) is 31.6 Å². The molecular weight excluding hydrogens is 432 g/mol. The molecule has 0 aliphatic carbocycles. The molecular formula is C23H23ClN4O2S. The van der Waals surface area contributed by atoms with Crippen molar-refractivity contribution in [2.24, 2.45) is 0 Å². The first-order valence-electron chi connectivity index (χ1n) is 10.3. The van der Waals surface area contributed by atoms with E-state index in [1.54, 1.807) is 11.3 Å². The Morgan fingerprint density at radius 1 is 1.10 bits per heavy atom. The van der Waals surface area contributed by atoms with Gasteiger partial charge in [0, 0.05) is 15.3 Å². The van der Waals surface area contributed by atoms with Gasteiger partial charge in [-0.25, -0.2) is 4.98 Å². The molecule has 4 aromatic rings. The summed E-state index contributed by atoms with van der Waals surface area (Å²) in [5.74, 6) is 1.18. The summed E-state index contributed by atoms with van der Waals surface area (Å²) >= 11 is 8.53. The summed E-state index contributed by atoms with van der Waals surface area (Å²) in [5, 5.41) is 7.16. The Balaban J connectivity index is 1.83. The number of nitrogens with zero attached hydrogens (tertiary/aromatic N) is 2. The molecule has 0 bridgehead atoms. The monoisotopic (exact) mass is 454 g/mol. The molecule has 0 radical (unpaired) electrons. The van der Waals surface area contributed by atoms with Crippen LogP contribution in [0.15, 0.2) is 47.5 Å². The van der Waals surface area contributed by atoms with Crippen molar-refractivity contribution >= 4 is 22.9 Å². The number of thiophene rings is 1. The number of ether oxygens (including phenoxy) is 1. The standard InChI is InChI=1S/C23H23ClN4O2S/c1-3-5-12-30-15-8-6-14(7-9-15)21-20(24)18(17-11-10-16(4-2)31-17)19(23(29)27-21)22-25-13-26-28-22/h6-11,13H,3-5,12H2,1-2H3,(H,27,29)(H,25,26,28). The van der Waals surface area contributed by atoms with E-state index in [-0.39, 0.29) is 5.56 Å². The van der Waals surface area contributed by atoms with Crippen molar-refractivity contribution in [3.63, 3.8) is 0 Å². The lowest BCUT2D eigenvalue weighted by atomic mass is 10.0. The first-order chi connectivity index (χ1) is 15.1. The van der Waals surface area contributed by atoms with Crippen LogP contribution in [-0.2, 0) is 6.42 Å². The Hall–Kier alpha value is -2.90. The van der Waals surface area contributed by atoms with Gasteiger partial charge in [-0.15, -0.1) is 11.3 Å². The Morgan fingerprint density at radius 2 is 1.90 bits per heavy atom. The largest absolute Gasteiger partial charge is 0.494 e. The Morgan fingerprint density at radius 3 is 2.55 bits per heavy atom. The van der Waals surface area contributed by atoms with Crippen LogP contribution in [0, 0.1) is 0 Å². The maximum Gasteiger partial charge on any atom is 0.260 e. The smallest absolute Gasteiger partial charge is 0.260 e. The molecule has 0 amide bonds. The highest BCUT2D eigenvalue weighted by Gasteiger charge is 2.23. The minimum absolute atomic E-state index is 0.277. The van der Waals surface area contributed by atoms with Crippen molar-refractivity contribution in [3.05, 3.63) is 63.0 Å². The Kier molecular flexibility index (Phi) is 6.53. The van der Waals surface area contributed by atoms with Gasteiger partial charge < -0.3 is 9.72 Å². The number of aryl methyl sites for hydroxylation is 1. The van der Waals surface area contributed by atoms with Crippen LogP contribution >= 0.6 is 22.9 Å². The molecule has 160 valence electrons. The molecule has 0 unspecified atom stereocenters. The highest BCUT2D eigenvalue weighted by molar-refractivity contribution is 7.15. The van der Waals surface area contributed by atoms with Crippen LogP contribution in [0.3, 0.4) is 0 Å². The van der Waals surface area contributed by atoms with Gasteiger partial charge >= 0.3 is 0 Å². The maximum atomic E-state index is 13.2. The quantitative estimate of drug-likeness (QED) is 0.322. The van der Waals surface area contributed by atoms with E-state index >= 15 is 0 Å². The van der Waals surface area contributed by atoms with E-state index in [1.165, 1.54) is 11.2 Å². The van der Waals surface area contributed by atoms with E-state index in [4.69, 9.17) is 16.3 Å². The molecule has 1 aromatic carbocycles. The van der Waals surface area contributed by atoms with E-state index in [9.17, 15) is 4.79 Å². The zero-order chi connectivity index (χ0) is 21.8. The predicted molar refractivity (Wildman–Crippen MR) is 126 cm³/mol. The molecule has 8 heteroatoms. The molecule has 0 aliphatic heterocycles. The minimum atomic E-state index is -0.277. The maximum absolute atomic E-state index is 13.2. The van der Waals surface area contributed by atoms with Crippen LogP contribution in [0.2, 0.25) is 5.02 Å². The first kappa shape index (κ1) is 21.3. The van der Waals surface area contributed by atoms with Crippen LogP contribution < -0.4 is 10.3 Å². The molecule has 4 rings (SSSR count). The molecule has 0 aliphatic rings. The van der Waals surface area contributed by atoms with Crippen LogP contribution in [0.5, 0.6) is 5.75 Å². The van der Waals surface area contributed by atoms with Crippen molar-refractivity contribution < 1.29 is 4.74 Å².